The molecule has 0 amide bonds. The molecule has 2 aromatic rings. The molecule has 0 aliphatic carbocycles. The smallest absolute Gasteiger partial charge is 0.110 e. The van der Waals surface area contributed by atoms with Crippen LogP contribution in [0, 0.1) is 6.92 Å². The van der Waals surface area contributed by atoms with Gasteiger partial charge in [-0.15, -0.1) is 11.3 Å². The Morgan fingerprint density at radius 1 is 1.45 bits per heavy atom. The Hall–Kier alpha value is -1.39. The average molecular weight is 287 g/mol. The molecule has 0 radical (unpaired) electrons. The fourth-order valence-electron chi connectivity index (χ4n) is 2.67. The van der Waals surface area contributed by atoms with Gasteiger partial charge in [0.15, 0.2) is 0 Å². The van der Waals surface area contributed by atoms with Crippen LogP contribution in [0.3, 0.4) is 0 Å². The summed E-state index contributed by atoms with van der Waals surface area (Å²) in [5, 5.41) is 10.4. The SMILES string of the molecule is Cc1csc(C(C)NCc2cccc3c2CCCN3)n1. The molecule has 1 atom stereocenters. The molecule has 1 unspecified atom stereocenters. The second-order valence-corrected chi connectivity index (χ2v) is 6.29. The third kappa shape index (κ3) is 2.86. The van der Waals surface area contributed by atoms with E-state index in [-0.39, 0.29) is 0 Å². The number of benzene rings is 1. The number of hydrogen-bond acceptors (Lipinski definition) is 4. The van der Waals surface area contributed by atoms with Crippen molar-refractivity contribution in [3.05, 3.63) is 45.4 Å². The first-order valence-corrected chi connectivity index (χ1v) is 8.12. The number of anilines is 1. The lowest BCUT2D eigenvalue weighted by atomic mass is 9.97. The molecule has 1 aromatic heterocycles. The minimum atomic E-state index is 0.307. The second kappa shape index (κ2) is 5.94. The van der Waals surface area contributed by atoms with Gasteiger partial charge < -0.3 is 10.6 Å². The molecule has 106 valence electrons. The number of aromatic nitrogens is 1. The third-order valence-electron chi connectivity index (χ3n) is 3.80. The zero-order valence-electron chi connectivity index (χ0n) is 12.1. The van der Waals surface area contributed by atoms with Crippen LogP contribution < -0.4 is 10.6 Å². The van der Waals surface area contributed by atoms with E-state index in [0.717, 1.165) is 18.8 Å². The van der Waals surface area contributed by atoms with Gasteiger partial charge >= 0.3 is 0 Å². The lowest BCUT2D eigenvalue weighted by molar-refractivity contribution is 0.568. The van der Waals surface area contributed by atoms with E-state index >= 15 is 0 Å². The van der Waals surface area contributed by atoms with Crippen LogP contribution in [-0.4, -0.2) is 11.5 Å². The average Bonchev–Trinajstić information content (AvgIpc) is 2.91. The molecule has 1 aliphatic heterocycles. The highest BCUT2D eigenvalue weighted by atomic mass is 32.1. The van der Waals surface area contributed by atoms with Gasteiger partial charge in [-0.2, -0.15) is 0 Å². The van der Waals surface area contributed by atoms with Gasteiger partial charge in [0.25, 0.3) is 0 Å². The first-order chi connectivity index (χ1) is 9.74. The van der Waals surface area contributed by atoms with E-state index in [9.17, 15) is 0 Å². The maximum atomic E-state index is 4.55. The number of nitrogens with one attached hydrogen (secondary N) is 2. The Morgan fingerprint density at radius 2 is 2.35 bits per heavy atom. The highest BCUT2D eigenvalue weighted by Gasteiger charge is 2.14. The standard InChI is InChI=1S/C16H21N3S/c1-11-10-20-16(19-11)12(2)18-9-13-5-3-7-15-14(13)6-4-8-17-15/h3,5,7,10,12,17-18H,4,6,8-9H2,1-2H3. The van der Waals surface area contributed by atoms with Crippen LogP contribution in [0.15, 0.2) is 23.6 Å². The lowest BCUT2D eigenvalue weighted by Crippen LogP contribution is -2.21. The van der Waals surface area contributed by atoms with Crippen LogP contribution in [0.2, 0.25) is 0 Å². The fourth-order valence-corrected chi connectivity index (χ4v) is 3.50. The van der Waals surface area contributed by atoms with E-state index < -0.39 is 0 Å². The molecule has 0 spiro atoms. The van der Waals surface area contributed by atoms with Crippen molar-refractivity contribution in [2.75, 3.05) is 11.9 Å². The van der Waals surface area contributed by atoms with Crippen molar-refractivity contribution < 1.29 is 0 Å². The topological polar surface area (TPSA) is 37.0 Å². The molecule has 1 aromatic carbocycles. The van der Waals surface area contributed by atoms with Crippen LogP contribution in [0.4, 0.5) is 5.69 Å². The number of fused-ring (bicyclic) bond motifs is 1. The molecule has 0 saturated carbocycles. The van der Waals surface area contributed by atoms with E-state index in [1.54, 1.807) is 11.3 Å². The highest BCUT2D eigenvalue weighted by molar-refractivity contribution is 7.09. The Kier molecular flexibility index (Phi) is 4.03. The van der Waals surface area contributed by atoms with E-state index in [1.165, 1.54) is 34.7 Å². The van der Waals surface area contributed by atoms with Crippen molar-refractivity contribution in [2.45, 2.75) is 39.3 Å². The van der Waals surface area contributed by atoms with Crippen LogP contribution in [0.25, 0.3) is 0 Å². The molecule has 20 heavy (non-hydrogen) atoms. The van der Waals surface area contributed by atoms with Gasteiger partial charge in [0, 0.05) is 29.9 Å². The summed E-state index contributed by atoms with van der Waals surface area (Å²) in [5.41, 5.74) is 5.32. The van der Waals surface area contributed by atoms with Crippen molar-refractivity contribution in [3.8, 4) is 0 Å². The van der Waals surface area contributed by atoms with Gasteiger partial charge in [0.1, 0.15) is 5.01 Å². The summed E-state index contributed by atoms with van der Waals surface area (Å²) in [6, 6.07) is 6.87. The number of hydrogen-bond donors (Lipinski definition) is 2. The molecule has 3 rings (SSSR count). The van der Waals surface area contributed by atoms with E-state index in [1.807, 2.05) is 6.92 Å². The summed E-state index contributed by atoms with van der Waals surface area (Å²) in [6.07, 6.45) is 2.41. The number of thiazole rings is 1. The predicted octanol–water partition coefficient (Wildman–Crippen LogP) is 3.66. The zero-order valence-corrected chi connectivity index (χ0v) is 12.9. The monoisotopic (exact) mass is 287 g/mol. The summed E-state index contributed by atoms with van der Waals surface area (Å²) in [6.45, 7) is 6.24. The number of rotatable bonds is 4. The molecule has 0 saturated heterocycles. The van der Waals surface area contributed by atoms with Crippen molar-refractivity contribution in [3.63, 3.8) is 0 Å². The summed E-state index contributed by atoms with van der Waals surface area (Å²) in [4.78, 5) is 4.55. The third-order valence-corrected chi connectivity index (χ3v) is 4.94. The predicted molar refractivity (Wildman–Crippen MR) is 85.4 cm³/mol. The maximum absolute atomic E-state index is 4.55. The molecule has 2 N–H and O–H groups in total. The molecule has 4 heteroatoms. The van der Waals surface area contributed by atoms with Crippen molar-refractivity contribution in [2.24, 2.45) is 0 Å². The zero-order chi connectivity index (χ0) is 13.9. The quantitative estimate of drug-likeness (QED) is 0.901. The number of nitrogens with zero attached hydrogens (tertiary/aromatic N) is 1. The number of aryl methyl sites for hydroxylation is 1. The van der Waals surface area contributed by atoms with Crippen LogP contribution >= 0.6 is 11.3 Å². The molecule has 2 heterocycles. The molecule has 1 aliphatic rings. The first-order valence-electron chi connectivity index (χ1n) is 7.24. The molecular weight excluding hydrogens is 266 g/mol. The molecule has 3 nitrogen and oxygen atoms in total. The molecule has 0 bridgehead atoms. The van der Waals surface area contributed by atoms with Crippen LogP contribution in [0.1, 0.15) is 41.2 Å². The van der Waals surface area contributed by atoms with Gasteiger partial charge in [0.2, 0.25) is 0 Å². The fraction of sp³-hybridized carbons (Fsp3) is 0.438. The van der Waals surface area contributed by atoms with Gasteiger partial charge in [-0.05, 0) is 43.9 Å². The Bertz CT molecular complexity index is 591. The van der Waals surface area contributed by atoms with Crippen molar-refractivity contribution in [1.82, 2.24) is 10.3 Å². The van der Waals surface area contributed by atoms with Gasteiger partial charge in [-0.25, -0.2) is 4.98 Å². The normalized spacial score (nSPS) is 15.5. The van der Waals surface area contributed by atoms with Gasteiger partial charge in [-0.3, -0.25) is 0 Å². The molecular formula is C16H21N3S. The van der Waals surface area contributed by atoms with E-state index in [4.69, 9.17) is 0 Å². The summed E-state index contributed by atoms with van der Waals surface area (Å²) in [7, 11) is 0. The van der Waals surface area contributed by atoms with Crippen LogP contribution in [0.5, 0.6) is 0 Å². The van der Waals surface area contributed by atoms with Crippen molar-refractivity contribution >= 4 is 17.0 Å². The largest absolute Gasteiger partial charge is 0.385 e. The summed E-state index contributed by atoms with van der Waals surface area (Å²) in [5.74, 6) is 0. The van der Waals surface area contributed by atoms with E-state index in [0.29, 0.717) is 6.04 Å². The lowest BCUT2D eigenvalue weighted by Gasteiger charge is -2.22. The highest BCUT2D eigenvalue weighted by Crippen LogP contribution is 2.26. The summed E-state index contributed by atoms with van der Waals surface area (Å²) >= 11 is 1.74. The second-order valence-electron chi connectivity index (χ2n) is 5.40. The Morgan fingerprint density at radius 3 is 3.15 bits per heavy atom. The van der Waals surface area contributed by atoms with Crippen molar-refractivity contribution in [1.29, 1.82) is 0 Å². The minimum absolute atomic E-state index is 0.307. The minimum Gasteiger partial charge on any atom is -0.385 e. The Labute approximate surface area is 124 Å². The molecule has 0 fully saturated rings. The maximum Gasteiger partial charge on any atom is 0.110 e. The Balaban J connectivity index is 1.69. The van der Waals surface area contributed by atoms with Crippen LogP contribution in [-0.2, 0) is 13.0 Å². The van der Waals surface area contributed by atoms with E-state index in [2.05, 4.69) is 46.1 Å². The first kappa shape index (κ1) is 13.6. The summed E-state index contributed by atoms with van der Waals surface area (Å²) < 4.78 is 0. The van der Waals surface area contributed by atoms with Gasteiger partial charge in [-0.1, -0.05) is 12.1 Å². The van der Waals surface area contributed by atoms with Gasteiger partial charge in [0.05, 0.1) is 6.04 Å².